The normalized spacial score (nSPS) is 13.2. The minimum Gasteiger partial charge on any atom is -0.450 e. The second-order valence-corrected chi connectivity index (χ2v) is 6.61. The van der Waals surface area contributed by atoms with E-state index in [1.54, 1.807) is 24.2 Å². The Labute approximate surface area is 158 Å². The molecule has 0 radical (unpaired) electrons. The molecule has 8 heteroatoms. The first-order chi connectivity index (χ1) is 13.0. The van der Waals surface area contributed by atoms with Crippen molar-refractivity contribution in [3.63, 3.8) is 0 Å². The SMILES string of the molecule is CCOC(=O)N1CCc2c(cncc2C(=O)NCCc2c(C)n[nH]c2C)C1. The molecule has 0 spiro atoms. The molecule has 144 valence electrons. The number of H-pyrrole nitrogens is 1. The number of ether oxygens (including phenoxy) is 1. The van der Waals surface area contributed by atoms with Crippen LogP contribution in [0.15, 0.2) is 12.4 Å². The van der Waals surface area contributed by atoms with Gasteiger partial charge in [0, 0.05) is 31.2 Å². The van der Waals surface area contributed by atoms with Gasteiger partial charge < -0.3 is 15.0 Å². The molecule has 0 saturated heterocycles. The molecule has 1 aliphatic heterocycles. The maximum absolute atomic E-state index is 12.7. The molecular formula is C19H25N5O3. The Morgan fingerprint density at radius 2 is 2.15 bits per heavy atom. The number of aromatic nitrogens is 3. The van der Waals surface area contributed by atoms with Crippen molar-refractivity contribution in [3.8, 4) is 0 Å². The van der Waals surface area contributed by atoms with Gasteiger partial charge in [0.15, 0.2) is 0 Å². The van der Waals surface area contributed by atoms with Crippen LogP contribution in [-0.4, -0.2) is 51.8 Å². The van der Waals surface area contributed by atoms with Gasteiger partial charge in [-0.3, -0.25) is 14.9 Å². The molecule has 0 saturated carbocycles. The molecule has 3 heterocycles. The predicted octanol–water partition coefficient (Wildman–Crippen LogP) is 1.91. The average molecular weight is 371 g/mol. The molecule has 1 aliphatic rings. The van der Waals surface area contributed by atoms with Crippen molar-refractivity contribution in [2.24, 2.45) is 0 Å². The lowest BCUT2D eigenvalue weighted by Gasteiger charge is -2.28. The van der Waals surface area contributed by atoms with Crippen LogP contribution < -0.4 is 5.32 Å². The topological polar surface area (TPSA) is 100 Å². The summed E-state index contributed by atoms with van der Waals surface area (Å²) in [7, 11) is 0. The summed E-state index contributed by atoms with van der Waals surface area (Å²) in [5, 5.41) is 10.1. The lowest BCUT2D eigenvalue weighted by molar-refractivity contribution is 0.0950. The molecule has 2 aromatic rings. The van der Waals surface area contributed by atoms with Crippen LogP contribution in [0.4, 0.5) is 4.79 Å². The third-order valence-corrected chi connectivity index (χ3v) is 4.85. The van der Waals surface area contributed by atoms with Crippen LogP contribution in [0, 0.1) is 13.8 Å². The Morgan fingerprint density at radius 1 is 1.33 bits per heavy atom. The number of nitrogens with one attached hydrogen (secondary N) is 2. The Bertz CT molecular complexity index is 826. The predicted molar refractivity (Wildman–Crippen MR) is 99.5 cm³/mol. The second kappa shape index (κ2) is 8.20. The van der Waals surface area contributed by atoms with Gasteiger partial charge in [0.05, 0.1) is 24.4 Å². The molecule has 0 atom stereocenters. The summed E-state index contributed by atoms with van der Waals surface area (Å²) < 4.78 is 5.06. The average Bonchev–Trinajstić information content (AvgIpc) is 2.99. The van der Waals surface area contributed by atoms with Gasteiger partial charge in [-0.15, -0.1) is 0 Å². The van der Waals surface area contributed by atoms with Crippen LogP contribution >= 0.6 is 0 Å². The quantitative estimate of drug-likeness (QED) is 0.836. The third kappa shape index (κ3) is 4.10. The smallest absolute Gasteiger partial charge is 0.410 e. The summed E-state index contributed by atoms with van der Waals surface area (Å²) in [6.07, 6.45) is 4.32. The molecule has 0 unspecified atom stereocenters. The van der Waals surface area contributed by atoms with Gasteiger partial charge in [-0.1, -0.05) is 0 Å². The second-order valence-electron chi connectivity index (χ2n) is 6.61. The molecule has 2 aromatic heterocycles. The number of aryl methyl sites for hydroxylation is 2. The largest absolute Gasteiger partial charge is 0.450 e. The molecular weight excluding hydrogens is 346 g/mol. The molecule has 27 heavy (non-hydrogen) atoms. The zero-order valence-corrected chi connectivity index (χ0v) is 16.0. The molecule has 2 amide bonds. The Balaban J connectivity index is 1.65. The number of carbonyl (C=O) groups excluding carboxylic acids is 2. The number of fused-ring (bicyclic) bond motifs is 1. The summed E-state index contributed by atoms with van der Waals surface area (Å²) in [4.78, 5) is 30.4. The molecule has 0 aromatic carbocycles. The van der Waals surface area contributed by atoms with E-state index in [0.717, 1.165) is 34.5 Å². The van der Waals surface area contributed by atoms with E-state index >= 15 is 0 Å². The Morgan fingerprint density at radius 3 is 2.85 bits per heavy atom. The van der Waals surface area contributed by atoms with Crippen molar-refractivity contribution >= 4 is 12.0 Å². The minimum absolute atomic E-state index is 0.136. The summed E-state index contributed by atoms with van der Waals surface area (Å²) in [5.74, 6) is -0.136. The van der Waals surface area contributed by atoms with E-state index in [4.69, 9.17) is 4.74 Å². The van der Waals surface area contributed by atoms with E-state index in [9.17, 15) is 9.59 Å². The van der Waals surface area contributed by atoms with Crippen molar-refractivity contribution in [2.75, 3.05) is 19.7 Å². The lowest BCUT2D eigenvalue weighted by Crippen LogP contribution is -2.38. The Kier molecular flexibility index (Phi) is 5.73. The highest BCUT2D eigenvalue weighted by molar-refractivity contribution is 5.95. The van der Waals surface area contributed by atoms with Crippen molar-refractivity contribution < 1.29 is 14.3 Å². The number of carbonyl (C=O) groups is 2. The maximum atomic E-state index is 12.7. The fourth-order valence-electron chi connectivity index (χ4n) is 3.40. The van der Waals surface area contributed by atoms with Crippen molar-refractivity contribution in [1.82, 2.24) is 25.4 Å². The zero-order valence-electron chi connectivity index (χ0n) is 16.0. The monoisotopic (exact) mass is 371 g/mol. The van der Waals surface area contributed by atoms with Gasteiger partial charge in [-0.2, -0.15) is 5.10 Å². The summed E-state index contributed by atoms with van der Waals surface area (Å²) in [5.41, 5.74) is 5.55. The number of rotatable bonds is 5. The minimum atomic E-state index is -0.330. The van der Waals surface area contributed by atoms with Gasteiger partial charge >= 0.3 is 6.09 Å². The fraction of sp³-hybridized carbons (Fsp3) is 0.474. The van der Waals surface area contributed by atoms with Crippen LogP contribution in [0.2, 0.25) is 0 Å². The van der Waals surface area contributed by atoms with Crippen LogP contribution in [-0.2, 0) is 24.1 Å². The van der Waals surface area contributed by atoms with E-state index in [0.29, 0.717) is 38.2 Å². The first kappa shape index (κ1) is 18.9. The van der Waals surface area contributed by atoms with Crippen LogP contribution in [0.25, 0.3) is 0 Å². The van der Waals surface area contributed by atoms with Gasteiger partial charge in [0.25, 0.3) is 5.91 Å². The highest BCUT2D eigenvalue weighted by Gasteiger charge is 2.25. The van der Waals surface area contributed by atoms with E-state index < -0.39 is 0 Å². The van der Waals surface area contributed by atoms with Crippen molar-refractivity contribution in [3.05, 3.63) is 46.0 Å². The van der Waals surface area contributed by atoms with Crippen LogP contribution in [0.5, 0.6) is 0 Å². The van der Waals surface area contributed by atoms with Gasteiger partial charge in [0.1, 0.15) is 0 Å². The van der Waals surface area contributed by atoms with Crippen LogP contribution in [0.3, 0.4) is 0 Å². The first-order valence-corrected chi connectivity index (χ1v) is 9.17. The molecule has 0 fully saturated rings. The number of hydrogen-bond donors (Lipinski definition) is 2. The van der Waals surface area contributed by atoms with E-state index in [2.05, 4.69) is 20.5 Å². The van der Waals surface area contributed by atoms with Crippen LogP contribution in [0.1, 0.15) is 45.4 Å². The first-order valence-electron chi connectivity index (χ1n) is 9.17. The number of hydrogen-bond acceptors (Lipinski definition) is 5. The Hall–Kier alpha value is -2.90. The highest BCUT2D eigenvalue weighted by atomic mass is 16.6. The van der Waals surface area contributed by atoms with Crippen molar-refractivity contribution in [2.45, 2.75) is 40.2 Å². The van der Waals surface area contributed by atoms with E-state index in [1.165, 1.54) is 0 Å². The summed E-state index contributed by atoms with van der Waals surface area (Å²) >= 11 is 0. The number of aromatic amines is 1. The summed E-state index contributed by atoms with van der Waals surface area (Å²) in [6.45, 7) is 7.53. The molecule has 2 N–H and O–H groups in total. The third-order valence-electron chi connectivity index (χ3n) is 4.85. The standard InChI is InChI=1S/C19H25N5O3/c1-4-27-19(26)24-8-6-16-14(11-24)9-20-10-17(16)18(25)21-7-5-15-12(2)22-23-13(15)3/h9-10H,4-8,11H2,1-3H3,(H,21,25)(H,22,23). The molecule has 8 nitrogen and oxygen atoms in total. The highest BCUT2D eigenvalue weighted by Crippen LogP contribution is 2.22. The van der Waals surface area contributed by atoms with E-state index in [-0.39, 0.29) is 12.0 Å². The summed E-state index contributed by atoms with van der Waals surface area (Å²) in [6, 6.07) is 0. The van der Waals surface area contributed by atoms with E-state index in [1.807, 2.05) is 13.8 Å². The number of nitrogens with zero attached hydrogens (tertiary/aromatic N) is 3. The lowest BCUT2D eigenvalue weighted by atomic mass is 9.97. The molecule has 0 aliphatic carbocycles. The van der Waals surface area contributed by atoms with Gasteiger partial charge in [0.2, 0.25) is 0 Å². The molecule has 3 rings (SSSR count). The fourth-order valence-corrected chi connectivity index (χ4v) is 3.40. The maximum Gasteiger partial charge on any atom is 0.410 e. The number of amides is 2. The van der Waals surface area contributed by atoms with Gasteiger partial charge in [-0.25, -0.2) is 4.79 Å². The van der Waals surface area contributed by atoms with Crippen molar-refractivity contribution in [1.29, 1.82) is 0 Å². The number of pyridine rings is 1. The molecule has 0 bridgehead atoms. The zero-order chi connectivity index (χ0) is 19.4. The van der Waals surface area contributed by atoms with Gasteiger partial charge in [-0.05, 0) is 50.3 Å².